The van der Waals surface area contributed by atoms with Gasteiger partial charge in [0.2, 0.25) is 0 Å². The van der Waals surface area contributed by atoms with Crippen molar-refractivity contribution < 1.29 is 14.6 Å². The number of hydrogen-bond donors (Lipinski definition) is 2. The third kappa shape index (κ3) is 2.85. The van der Waals surface area contributed by atoms with E-state index in [0.717, 1.165) is 54.7 Å². The Balaban J connectivity index is 1.27. The molecule has 3 aromatic rings. The summed E-state index contributed by atoms with van der Waals surface area (Å²) in [6.07, 6.45) is 5.97. The van der Waals surface area contributed by atoms with E-state index in [1.807, 2.05) is 37.5 Å². The number of nitrogens with one attached hydrogen (secondary N) is 1. The van der Waals surface area contributed by atoms with Crippen LogP contribution in [-0.4, -0.2) is 75.4 Å². The predicted octanol–water partition coefficient (Wildman–Crippen LogP) is 1.91. The molecule has 4 unspecified atom stereocenters. The SMILES string of the molecule is CNCC(O)COc1cccc(-c2nc(N3C4CCC45OCC35)c3cnn(C4CC4)c3n2)c1. The molecule has 1 aromatic carbocycles. The van der Waals surface area contributed by atoms with Crippen LogP contribution in [0.2, 0.25) is 0 Å². The number of hydrogen-bond acceptors (Lipinski definition) is 8. The van der Waals surface area contributed by atoms with Gasteiger partial charge in [-0.1, -0.05) is 12.1 Å². The quantitative estimate of drug-likeness (QED) is 0.539. The summed E-state index contributed by atoms with van der Waals surface area (Å²) in [7, 11) is 1.81. The fourth-order valence-corrected chi connectivity index (χ4v) is 5.64. The van der Waals surface area contributed by atoms with Crippen LogP contribution in [0.1, 0.15) is 31.7 Å². The van der Waals surface area contributed by atoms with Crippen LogP contribution >= 0.6 is 0 Å². The second-order valence-corrected chi connectivity index (χ2v) is 9.72. The maximum absolute atomic E-state index is 9.98. The number of nitrogens with zero attached hydrogens (tertiary/aromatic N) is 5. The summed E-state index contributed by atoms with van der Waals surface area (Å²) in [5, 5.41) is 18.7. The monoisotopic (exact) mass is 448 g/mol. The number of aliphatic hydroxyl groups is 1. The first-order chi connectivity index (χ1) is 16.2. The van der Waals surface area contributed by atoms with Crippen molar-refractivity contribution in [3.05, 3.63) is 30.5 Å². The Bertz CT molecular complexity index is 1210. The minimum Gasteiger partial charge on any atom is -0.491 e. The van der Waals surface area contributed by atoms with Crippen LogP contribution < -0.4 is 15.0 Å². The summed E-state index contributed by atoms with van der Waals surface area (Å²) in [5.74, 6) is 2.35. The third-order valence-electron chi connectivity index (χ3n) is 7.66. The Morgan fingerprint density at radius 2 is 2.18 bits per heavy atom. The third-order valence-corrected chi connectivity index (χ3v) is 7.66. The lowest BCUT2D eigenvalue weighted by molar-refractivity contribution is -0.276. The average molecular weight is 449 g/mol. The van der Waals surface area contributed by atoms with Crippen molar-refractivity contribution >= 4 is 16.9 Å². The number of ether oxygens (including phenoxy) is 2. The number of aliphatic hydroxyl groups excluding tert-OH is 1. The molecule has 0 bridgehead atoms. The molecule has 4 heterocycles. The van der Waals surface area contributed by atoms with Gasteiger partial charge < -0.3 is 24.8 Å². The van der Waals surface area contributed by atoms with Crippen molar-refractivity contribution in [3.8, 4) is 17.1 Å². The molecule has 172 valence electrons. The minimum absolute atomic E-state index is 0.0753. The topological polar surface area (TPSA) is 97.6 Å². The molecule has 2 aliphatic heterocycles. The lowest BCUT2D eigenvalue weighted by atomic mass is 9.58. The van der Waals surface area contributed by atoms with Crippen LogP contribution in [-0.2, 0) is 4.74 Å². The van der Waals surface area contributed by atoms with Crippen molar-refractivity contribution in [1.82, 2.24) is 25.1 Å². The van der Waals surface area contributed by atoms with E-state index < -0.39 is 6.10 Å². The molecule has 4 aliphatic rings. The first kappa shape index (κ1) is 19.7. The summed E-state index contributed by atoms with van der Waals surface area (Å²) in [6.45, 7) is 1.48. The van der Waals surface area contributed by atoms with Crippen LogP contribution in [0.15, 0.2) is 30.5 Å². The second-order valence-electron chi connectivity index (χ2n) is 9.72. The van der Waals surface area contributed by atoms with Gasteiger partial charge in [-0.05, 0) is 44.9 Å². The number of fused-ring (bicyclic) bond motifs is 1. The molecule has 2 N–H and O–H groups in total. The van der Waals surface area contributed by atoms with Crippen LogP contribution in [0.3, 0.4) is 0 Å². The zero-order valence-corrected chi connectivity index (χ0v) is 18.6. The van der Waals surface area contributed by atoms with Crippen molar-refractivity contribution in [2.75, 3.05) is 31.7 Å². The highest BCUT2D eigenvalue weighted by atomic mass is 16.5. The summed E-state index contributed by atoms with van der Waals surface area (Å²) in [6, 6.07) is 9.06. The molecule has 2 aromatic heterocycles. The molecule has 2 aliphatic carbocycles. The van der Waals surface area contributed by atoms with Gasteiger partial charge in [0.05, 0.1) is 36.3 Å². The number of anilines is 1. The van der Waals surface area contributed by atoms with E-state index in [2.05, 4.69) is 14.9 Å². The zero-order valence-electron chi connectivity index (χ0n) is 18.6. The van der Waals surface area contributed by atoms with Crippen molar-refractivity contribution in [3.63, 3.8) is 0 Å². The lowest BCUT2D eigenvalue weighted by Crippen LogP contribution is -2.90. The van der Waals surface area contributed by atoms with Gasteiger partial charge >= 0.3 is 0 Å². The normalized spacial score (nSPS) is 28.4. The maximum Gasteiger partial charge on any atom is 0.164 e. The highest BCUT2D eigenvalue weighted by Gasteiger charge is 2.73. The molecule has 33 heavy (non-hydrogen) atoms. The fraction of sp³-hybridized carbons (Fsp3) is 0.542. The maximum atomic E-state index is 9.98. The number of aromatic nitrogens is 4. The number of rotatable bonds is 8. The van der Waals surface area contributed by atoms with Gasteiger partial charge in [0.1, 0.15) is 29.9 Å². The fourth-order valence-electron chi connectivity index (χ4n) is 5.64. The van der Waals surface area contributed by atoms with Crippen molar-refractivity contribution in [1.29, 1.82) is 0 Å². The Labute approximate surface area is 191 Å². The van der Waals surface area contributed by atoms with E-state index in [-0.39, 0.29) is 12.2 Å². The average Bonchev–Trinajstić information content (AvgIpc) is 3.54. The molecule has 0 radical (unpaired) electrons. The number of morpholine rings is 1. The first-order valence-electron chi connectivity index (χ1n) is 11.9. The van der Waals surface area contributed by atoms with E-state index >= 15 is 0 Å². The number of benzene rings is 1. The highest BCUT2D eigenvalue weighted by Crippen LogP contribution is 2.60. The van der Waals surface area contributed by atoms with Gasteiger partial charge in [0.15, 0.2) is 11.5 Å². The van der Waals surface area contributed by atoms with Crippen LogP contribution in [0.4, 0.5) is 5.82 Å². The smallest absolute Gasteiger partial charge is 0.164 e. The van der Waals surface area contributed by atoms with Gasteiger partial charge in [-0.25, -0.2) is 14.6 Å². The van der Waals surface area contributed by atoms with Crippen LogP contribution in [0.25, 0.3) is 22.4 Å². The Morgan fingerprint density at radius 1 is 1.27 bits per heavy atom. The second kappa shape index (κ2) is 7.12. The van der Waals surface area contributed by atoms with E-state index in [4.69, 9.17) is 24.5 Å². The molecule has 0 amide bonds. The molecular weight excluding hydrogens is 420 g/mol. The van der Waals surface area contributed by atoms with Crippen LogP contribution in [0, 0.1) is 0 Å². The lowest BCUT2D eigenvalue weighted by Gasteiger charge is -2.75. The Hall–Kier alpha value is -2.75. The van der Waals surface area contributed by atoms with Gasteiger partial charge in [-0.2, -0.15) is 5.10 Å². The highest BCUT2D eigenvalue weighted by molar-refractivity contribution is 5.90. The molecule has 4 fully saturated rings. The van der Waals surface area contributed by atoms with Gasteiger partial charge in [0.25, 0.3) is 0 Å². The summed E-state index contributed by atoms with van der Waals surface area (Å²) < 4.78 is 13.9. The predicted molar refractivity (Wildman–Crippen MR) is 122 cm³/mol. The standard InChI is InChI=1S/C24H28N6O3/c1-25-10-16(31)12-32-17-4-2-3-14(9-17)21-27-22(29-19-7-8-24(19)20(29)13-33-24)18-11-26-30(15-5-6-15)23(18)28-21/h2-4,9,11,15-16,19-20,25,31H,5-8,10,12-13H2,1H3. The van der Waals surface area contributed by atoms with Crippen molar-refractivity contribution in [2.45, 2.75) is 55.5 Å². The van der Waals surface area contributed by atoms with Crippen molar-refractivity contribution in [2.24, 2.45) is 0 Å². The molecule has 9 nitrogen and oxygen atoms in total. The Morgan fingerprint density at radius 3 is 2.88 bits per heavy atom. The summed E-state index contributed by atoms with van der Waals surface area (Å²) >= 11 is 0. The largest absolute Gasteiger partial charge is 0.491 e. The molecule has 9 heteroatoms. The molecule has 4 atom stereocenters. The van der Waals surface area contributed by atoms with Gasteiger partial charge in [-0.3, -0.25) is 0 Å². The molecule has 2 saturated carbocycles. The Kier molecular flexibility index (Phi) is 4.25. The molecular formula is C24H28N6O3. The van der Waals surface area contributed by atoms with E-state index in [9.17, 15) is 5.11 Å². The summed E-state index contributed by atoms with van der Waals surface area (Å²) in [4.78, 5) is 12.5. The van der Waals surface area contributed by atoms with E-state index in [0.29, 0.717) is 36.2 Å². The minimum atomic E-state index is -0.565. The number of likely N-dealkylation sites (N-methyl/N-ethyl adjacent to an activating group) is 1. The molecule has 1 spiro atoms. The number of piperidine rings is 1. The zero-order chi connectivity index (χ0) is 22.2. The molecule has 2 saturated heterocycles. The van der Waals surface area contributed by atoms with Gasteiger partial charge in [0, 0.05) is 12.1 Å². The van der Waals surface area contributed by atoms with Crippen LogP contribution in [0.5, 0.6) is 5.75 Å². The van der Waals surface area contributed by atoms with E-state index in [1.54, 1.807) is 0 Å². The first-order valence-corrected chi connectivity index (χ1v) is 11.9. The van der Waals surface area contributed by atoms with E-state index in [1.165, 1.54) is 0 Å². The summed E-state index contributed by atoms with van der Waals surface area (Å²) in [5.41, 5.74) is 1.88. The van der Waals surface area contributed by atoms with Gasteiger partial charge in [-0.15, -0.1) is 0 Å². The molecule has 7 rings (SSSR count).